The van der Waals surface area contributed by atoms with E-state index in [0.717, 1.165) is 0 Å². The predicted molar refractivity (Wildman–Crippen MR) is 94.4 cm³/mol. The molecule has 0 bridgehead atoms. The first-order valence-corrected chi connectivity index (χ1v) is 7.83. The number of esters is 1. The van der Waals surface area contributed by atoms with Crippen LogP contribution >= 0.6 is 23.8 Å². The summed E-state index contributed by atoms with van der Waals surface area (Å²) in [6.07, 6.45) is -0.0659. The number of amides is 1. The van der Waals surface area contributed by atoms with Gasteiger partial charge in [0.1, 0.15) is 12.4 Å². The van der Waals surface area contributed by atoms with E-state index in [9.17, 15) is 9.59 Å². The highest BCUT2D eigenvalue weighted by molar-refractivity contribution is 7.80. The van der Waals surface area contributed by atoms with Gasteiger partial charge in [0.25, 0.3) is 0 Å². The summed E-state index contributed by atoms with van der Waals surface area (Å²) in [6, 6.07) is 4.99. The second kappa shape index (κ2) is 10.8. The smallest absolute Gasteiger partial charge is 0.306 e. The van der Waals surface area contributed by atoms with Crippen LogP contribution in [0.3, 0.4) is 0 Å². The lowest BCUT2D eigenvalue weighted by atomic mass is 10.3. The maximum Gasteiger partial charge on any atom is 0.306 e. The maximum atomic E-state index is 11.7. The third kappa shape index (κ3) is 7.58. The van der Waals surface area contributed by atoms with Gasteiger partial charge >= 0.3 is 5.97 Å². The molecule has 0 aliphatic rings. The molecule has 0 aliphatic carbocycles. The van der Waals surface area contributed by atoms with Gasteiger partial charge < -0.3 is 24.8 Å². The largest absolute Gasteiger partial charge is 0.495 e. The molecule has 0 atom stereocenters. The zero-order valence-corrected chi connectivity index (χ0v) is 15.0. The molecule has 0 saturated heterocycles. The Labute approximate surface area is 150 Å². The molecule has 0 saturated carbocycles. The van der Waals surface area contributed by atoms with Crippen LogP contribution in [0.2, 0.25) is 5.02 Å². The molecule has 24 heavy (non-hydrogen) atoms. The summed E-state index contributed by atoms with van der Waals surface area (Å²) in [5, 5.41) is 5.81. The van der Waals surface area contributed by atoms with Gasteiger partial charge in [-0.25, -0.2) is 0 Å². The Morgan fingerprint density at radius 1 is 1.21 bits per heavy atom. The Balaban J connectivity index is 2.35. The van der Waals surface area contributed by atoms with Crippen LogP contribution in [-0.4, -0.2) is 44.4 Å². The third-order valence-corrected chi connectivity index (χ3v) is 3.27. The van der Waals surface area contributed by atoms with Crippen molar-refractivity contribution in [3.8, 4) is 5.75 Å². The minimum absolute atomic E-state index is 0.0307. The number of rotatable bonds is 8. The summed E-state index contributed by atoms with van der Waals surface area (Å²) in [6.45, 7) is 0.478. The number of halogens is 1. The topological polar surface area (TPSA) is 85.9 Å². The highest BCUT2D eigenvalue weighted by Gasteiger charge is 2.10. The first kappa shape index (κ1) is 20.1. The van der Waals surface area contributed by atoms with Crippen molar-refractivity contribution < 1.29 is 23.8 Å². The second-order valence-electron chi connectivity index (χ2n) is 4.56. The Morgan fingerprint density at radius 2 is 1.96 bits per heavy atom. The van der Waals surface area contributed by atoms with Crippen LogP contribution in [0.4, 0.5) is 5.69 Å². The van der Waals surface area contributed by atoms with Crippen molar-refractivity contribution in [2.45, 2.75) is 12.8 Å². The molecule has 9 heteroatoms. The van der Waals surface area contributed by atoms with Gasteiger partial charge in [0.15, 0.2) is 5.11 Å². The fraction of sp³-hybridized carbons (Fsp3) is 0.400. The molecule has 0 spiro atoms. The molecule has 1 aromatic carbocycles. The Kier molecular flexibility index (Phi) is 9.06. The first-order valence-electron chi connectivity index (χ1n) is 7.05. The van der Waals surface area contributed by atoms with Gasteiger partial charge in [-0.1, -0.05) is 11.6 Å². The van der Waals surface area contributed by atoms with Gasteiger partial charge in [-0.15, -0.1) is 0 Å². The number of hydrogen-bond donors (Lipinski definition) is 2. The molecule has 0 fully saturated rings. The summed E-state index contributed by atoms with van der Waals surface area (Å²) in [4.78, 5) is 23.1. The standard InChI is InChI=1S/C15H19ClN2O5S/c1-21-7-8-23-14(20)6-5-13(19)18-15(24)17-10-3-4-12(22-2)11(16)9-10/h3-4,9H,5-8H2,1-2H3,(H2,17,18,19,24). The lowest BCUT2D eigenvalue weighted by molar-refractivity contribution is -0.146. The lowest BCUT2D eigenvalue weighted by Gasteiger charge is -2.11. The molecule has 1 aromatic rings. The first-order chi connectivity index (χ1) is 11.5. The molecule has 0 aromatic heterocycles. The highest BCUT2D eigenvalue weighted by atomic mass is 35.5. The number of thiocarbonyl (C=S) groups is 1. The van der Waals surface area contributed by atoms with E-state index in [0.29, 0.717) is 23.1 Å². The minimum Gasteiger partial charge on any atom is -0.495 e. The molecule has 0 unspecified atom stereocenters. The zero-order chi connectivity index (χ0) is 17.9. The van der Waals surface area contributed by atoms with Gasteiger partial charge in [0.2, 0.25) is 5.91 Å². The molecular formula is C15H19ClN2O5S. The van der Waals surface area contributed by atoms with Crippen molar-refractivity contribution in [3.05, 3.63) is 23.2 Å². The number of hydrogen-bond acceptors (Lipinski definition) is 6. The molecule has 0 heterocycles. The predicted octanol–water partition coefficient (Wildman–Crippen LogP) is 2.13. The van der Waals surface area contributed by atoms with Crippen molar-refractivity contribution in [2.24, 2.45) is 0 Å². The summed E-state index contributed by atoms with van der Waals surface area (Å²) in [7, 11) is 3.02. The number of carbonyl (C=O) groups is 2. The van der Waals surface area contributed by atoms with E-state index in [1.807, 2.05) is 0 Å². The van der Waals surface area contributed by atoms with Crippen LogP contribution in [0.5, 0.6) is 5.75 Å². The van der Waals surface area contributed by atoms with Crippen LogP contribution in [0.25, 0.3) is 0 Å². The monoisotopic (exact) mass is 374 g/mol. The van der Waals surface area contributed by atoms with Crippen LogP contribution in [0.1, 0.15) is 12.8 Å². The van der Waals surface area contributed by atoms with Crippen molar-refractivity contribution in [3.63, 3.8) is 0 Å². The lowest BCUT2D eigenvalue weighted by Crippen LogP contribution is -2.34. The van der Waals surface area contributed by atoms with Gasteiger partial charge in [0.05, 0.1) is 25.2 Å². The van der Waals surface area contributed by atoms with E-state index in [1.54, 1.807) is 18.2 Å². The molecule has 1 amide bonds. The molecule has 7 nitrogen and oxygen atoms in total. The normalized spacial score (nSPS) is 9.96. The quantitative estimate of drug-likeness (QED) is 0.409. The number of nitrogens with one attached hydrogen (secondary N) is 2. The average molecular weight is 375 g/mol. The second-order valence-corrected chi connectivity index (χ2v) is 5.38. The summed E-state index contributed by atoms with van der Waals surface area (Å²) in [5.74, 6) is -0.331. The van der Waals surface area contributed by atoms with E-state index in [-0.39, 0.29) is 24.6 Å². The maximum absolute atomic E-state index is 11.7. The Morgan fingerprint density at radius 3 is 2.58 bits per heavy atom. The number of methoxy groups -OCH3 is 2. The number of benzene rings is 1. The molecule has 0 radical (unpaired) electrons. The van der Waals surface area contributed by atoms with E-state index in [4.69, 9.17) is 38.0 Å². The third-order valence-electron chi connectivity index (χ3n) is 2.77. The molecule has 0 aliphatic heterocycles. The van der Waals surface area contributed by atoms with Crippen molar-refractivity contribution in [2.75, 3.05) is 32.8 Å². The molecule has 132 valence electrons. The van der Waals surface area contributed by atoms with Crippen LogP contribution in [-0.2, 0) is 19.1 Å². The number of carbonyl (C=O) groups excluding carboxylic acids is 2. The molecule has 2 N–H and O–H groups in total. The van der Waals surface area contributed by atoms with Crippen LogP contribution in [0, 0.1) is 0 Å². The average Bonchev–Trinajstić information content (AvgIpc) is 2.53. The number of ether oxygens (including phenoxy) is 3. The molecular weight excluding hydrogens is 356 g/mol. The van der Waals surface area contributed by atoms with E-state index >= 15 is 0 Å². The van der Waals surface area contributed by atoms with Crippen molar-refractivity contribution in [1.82, 2.24) is 5.32 Å². The van der Waals surface area contributed by atoms with Gasteiger partial charge in [-0.05, 0) is 30.4 Å². The van der Waals surface area contributed by atoms with E-state index in [1.165, 1.54) is 14.2 Å². The van der Waals surface area contributed by atoms with Crippen LogP contribution in [0.15, 0.2) is 18.2 Å². The highest BCUT2D eigenvalue weighted by Crippen LogP contribution is 2.27. The SMILES string of the molecule is COCCOC(=O)CCC(=O)NC(=S)Nc1ccc(OC)c(Cl)c1. The van der Waals surface area contributed by atoms with E-state index in [2.05, 4.69) is 10.6 Å². The summed E-state index contributed by atoms with van der Waals surface area (Å²) < 4.78 is 14.6. The van der Waals surface area contributed by atoms with Gasteiger partial charge in [-0.3, -0.25) is 9.59 Å². The number of anilines is 1. The Bertz CT molecular complexity index is 597. The van der Waals surface area contributed by atoms with E-state index < -0.39 is 11.9 Å². The fourth-order valence-corrected chi connectivity index (χ4v) is 2.11. The van der Waals surface area contributed by atoms with Crippen molar-refractivity contribution >= 4 is 46.5 Å². The minimum atomic E-state index is -0.469. The zero-order valence-electron chi connectivity index (χ0n) is 13.4. The Hall–Kier alpha value is -1.90. The summed E-state index contributed by atoms with van der Waals surface area (Å²) >= 11 is 11.0. The molecule has 1 rings (SSSR count). The van der Waals surface area contributed by atoms with Crippen molar-refractivity contribution in [1.29, 1.82) is 0 Å². The fourth-order valence-electron chi connectivity index (χ4n) is 1.62. The summed E-state index contributed by atoms with van der Waals surface area (Å²) in [5.41, 5.74) is 0.602. The van der Waals surface area contributed by atoms with Gasteiger partial charge in [-0.2, -0.15) is 0 Å². The van der Waals surface area contributed by atoms with Gasteiger partial charge in [0, 0.05) is 19.2 Å². The van der Waals surface area contributed by atoms with Crippen LogP contribution < -0.4 is 15.4 Å².